The summed E-state index contributed by atoms with van der Waals surface area (Å²) in [5.41, 5.74) is 0. The lowest BCUT2D eigenvalue weighted by atomic mass is 10.3. The van der Waals surface area contributed by atoms with Crippen LogP contribution in [-0.2, 0) is 17.8 Å². The highest BCUT2D eigenvalue weighted by atomic mass is 16.5. The maximum Gasteiger partial charge on any atom is 0.303 e. The largest absolute Gasteiger partial charge is 0.497 e. The molecule has 1 N–H and O–H groups in total. The molecule has 0 radical (unpaired) electrons. The Morgan fingerprint density at radius 3 is 2.67 bits per heavy atom. The first-order valence-corrected chi connectivity index (χ1v) is 6.42. The van der Waals surface area contributed by atoms with Crippen LogP contribution < -0.4 is 9.47 Å². The first-order valence-electron chi connectivity index (χ1n) is 6.42. The normalized spacial score (nSPS) is 10.3. The first-order chi connectivity index (χ1) is 10.2. The number of carboxylic acid groups (broad SMARTS) is 1. The molecule has 2 rings (SSSR count). The van der Waals surface area contributed by atoms with Crippen LogP contribution in [0.15, 0.2) is 24.3 Å². The number of hydrogen-bond acceptors (Lipinski definition) is 6. The average molecular weight is 292 g/mol. The van der Waals surface area contributed by atoms with Crippen LogP contribution in [0.4, 0.5) is 0 Å². The Bertz CT molecular complexity index is 582. The van der Waals surface area contributed by atoms with Crippen LogP contribution in [0.1, 0.15) is 12.2 Å². The predicted molar refractivity (Wildman–Crippen MR) is 72.3 cm³/mol. The summed E-state index contributed by atoms with van der Waals surface area (Å²) in [6.45, 7) is 0.839. The van der Waals surface area contributed by atoms with Gasteiger partial charge in [0.05, 0.1) is 20.1 Å². The van der Waals surface area contributed by atoms with Crippen molar-refractivity contribution in [1.82, 2.24) is 20.2 Å². The van der Waals surface area contributed by atoms with E-state index in [1.165, 1.54) is 0 Å². The lowest BCUT2D eigenvalue weighted by Crippen LogP contribution is -2.13. The molecule has 1 aromatic carbocycles. The molecule has 0 amide bonds. The van der Waals surface area contributed by atoms with Crippen molar-refractivity contribution in [3.63, 3.8) is 0 Å². The van der Waals surface area contributed by atoms with Gasteiger partial charge < -0.3 is 14.6 Å². The number of aliphatic carboxylic acids is 1. The zero-order valence-electron chi connectivity index (χ0n) is 11.6. The van der Waals surface area contributed by atoms with E-state index in [4.69, 9.17) is 14.6 Å². The van der Waals surface area contributed by atoms with Gasteiger partial charge in [-0.25, -0.2) is 4.68 Å². The molecule has 0 saturated heterocycles. The van der Waals surface area contributed by atoms with Gasteiger partial charge in [-0.15, -0.1) is 5.10 Å². The third kappa shape index (κ3) is 4.44. The average Bonchev–Trinajstić information content (AvgIpc) is 2.93. The maximum absolute atomic E-state index is 10.5. The molecule has 0 aliphatic carbocycles. The maximum atomic E-state index is 10.5. The first kappa shape index (κ1) is 14.8. The molecule has 0 aliphatic rings. The van der Waals surface area contributed by atoms with E-state index in [0.717, 1.165) is 11.5 Å². The SMILES string of the molecule is COc1ccc(OCCn2nnnc2CCC(=O)O)cc1. The number of carbonyl (C=O) groups is 1. The Balaban J connectivity index is 1.82. The molecule has 1 heterocycles. The van der Waals surface area contributed by atoms with Crippen LogP contribution in [0.3, 0.4) is 0 Å². The fourth-order valence-electron chi connectivity index (χ4n) is 1.72. The second-order valence-corrected chi connectivity index (χ2v) is 4.24. The summed E-state index contributed by atoms with van der Waals surface area (Å²) >= 11 is 0. The molecule has 0 fully saturated rings. The number of nitrogens with zero attached hydrogens (tertiary/aromatic N) is 4. The number of hydrogen-bond donors (Lipinski definition) is 1. The molecule has 112 valence electrons. The zero-order chi connectivity index (χ0) is 15.1. The summed E-state index contributed by atoms with van der Waals surface area (Å²) in [7, 11) is 1.60. The molecule has 0 unspecified atom stereocenters. The Morgan fingerprint density at radius 1 is 1.29 bits per heavy atom. The van der Waals surface area contributed by atoms with Crippen molar-refractivity contribution in [3.05, 3.63) is 30.1 Å². The van der Waals surface area contributed by atoms with E-state index in [-0.39, 0.29) is 6.42 Å². The topological polar surface area (TPSA) is 99.4 Å². The van der Waals surface area contributed by atoms with Gasteiger partial charge in [0.2, 0.25) is 0 Å². The molecular formula is C13H16N4O4. The number of tetrazole rings is 1. The van der Waals surface area contributed by atoms with Gasteiger partial charge in [-0.2, -0.15) is 0 Å². The quantitative estimate of drug-likeness (QED) is 0.767. The fourth-order valence-corrected chi connectivity index (χ4v) is 1.72. The van der Waals surface area contributed by atoms with Crippen LogP contribution in [0.5, 0.6) is 11.5 Å². The van der Waals surface area contributed by atoms with Gasteiger partial charge in [0, 0.05) is 6.42 Å². The number of aromatic nitrogens is 4. The van der Waals surface area contributed by atoms with Crippen LogP contribution >= 0.6 is 0 Å². The lowest BCUT2D eigenvalue weighted by Gasteiger charge is -2.07. The summed E-state index contributed by atoms with van der Waals surface area (Å²) in [6.07, 6.45) is 0.296. The Kier molecular flexibility index (Phi) is 5.08. The minimum atomic E-state index is -0.876. The number of carboxylic acids is 1. The monoisotopic (exact) mass is 292 g/mol. The third-order valence-electron chi connectivity index (χ3n) is 2.80. The standard InChI is InChI=1S/C13H16N4O4/c1-20-10-2-4-11(5-3-10)21-9-8-17-12(14-15-16-17)6-7-13(18)19/h2-5H,6-9H2,1H3,(H,18,19). The Morgan fingerprint density at radius 2 is 2.00 bits per heavy atom. The molecular weight excluding hydrogens is 276 g/mol. The highest BCUT2D eigenvalue weighted by Gasteiger charge is 2.08. The van der Waals surface area contributed by atoms with Gasteiger partial charge in [0.1, 0.15) is 18.1 Å². The number of aryl methyl sites for hydroxylation is 1. The van der Waals surface area contributed by atoms with Gasteiger partial charge in [-0.1, -0.05) is 0 Å². The second-order valence-electron chi connectivity index (χ2n) is 4.24. The van der Waals surface area contributed by atoms with E-state index in [2.05, 4.69) is 15.5 Å². The summed E-state index contributed by atoms with van der Waals surface area (Å²) in [6, 6.07) is 7.24. The summed E-state index contributed by atoms with van der Waals surface area (Å²) < 4.78 is 12.2. The van der Waals surface area contributed by atoms with Gasteiger partial charge in [-0.05, 0) is 34.7 Å². The Labute approximate surface area is 121 Å². The van der Waals surface area contributed by atoms with Crippen molar-refractivity contribution in [2.75, 3.05) is 13.7 Å². The van der Waals surface area contributed by atoms with Gasteiger partial charge >= 0.3 is 5.97 Å². The van der Waals surface area contributed by atoms with Crippen LogP contribution in [-0.4, -0.2) is 45.0 Å². The highest BCUT2D eigenvalue weighted by molar-refractivity contribution is 5.66. The minimum Gasteiger partial charge on any atom is -0.497 e. The van der Waals surface area contributed by atoms with E-state index in [9.17, 15) is 4.79 Å². The Hall–Kier alpha value is -2.64. The van der Waals surface area contributed by atoms with E-state index in [1.54, 1.807) is 11.8 Å². The molecule has 1 aromatic heterocycles. The number of methoxy groups -OCH3 is 1. The number of rotatable bonds is 8. The van der Waals surface area contributed by atoms with Gasteiger partial charge in [0.25, 0.3) is 0 Å². The zero-order valence-corrected chi connectivity index (χ0v) is 11.6. The highest BCUT2D eigenvalue weighted by Crippen LogP contribution is 2.16. The predicted octanol–water partition coefficient (Wildman–Crippen LogP) is 0.778. The van der Waals surface area contributed by atoms with Crippen molar-refractivity contribution >= 4 is 5.97 Å². The smallest absolute Gasteiger partial charge is 0.303 e. The molecule has 8 nitrogen and oxygen atoms in total. The second kappa shape index (κ2) is 7.22. The molecule has 0 aliphatic heterocycles. The van der Waals surface area contributed by atoms with E-state index in [0.29, 0.717) is 25.4 Å². The fraction of sp³-hybridized carbons (Fsp3) is 0.385. The van der Waals surface area contributed by atoms with Crippen molar-refractivity contribution in [2.45, 2.75) is 19.4 Å². The number of ether oxygens (including phenoxy) is 2. The summed E-state index contributed by atoms with van der Waals surface area (Å²) in [5, 5.41) is 19.8. The molecule has 0 spiro atoms. The van der Waals surface area contributed by atoms with E-state index >= 15 is 0 Å². The van der Waals surface area contributed by atoms with Gasteiger partial charge in [-0.3, -0.25) is 4.79 Å². The van der Waals surface area contributed by atoms with Crippen molar-refractivity contribution in [1.29, 1.82) is 0 Å². The molecule has 0 atom stereocenters. The van der Waals surface area contributed by atoms with Crippen molar-refractivity contribution in [3.8, 4) is 11.5 Å². The minimum absolute atomic E-state index is 0.000287. The summed E-state index contributed by atoms with van der Waals surface area (Å²) in [5.74, 6) is 1.14. The van der Waals surface area contributed by atoms with Crippen molar-refractivity contribution in [2.24, 2.45) is 0 Å². The van der Waals surface area contributed by atoms with Gasteiger partial charge in [0.15, 0.2) is 5.82 Å². The molecule has 8 heteroatoms. The molecule has 0 saturated carbocycles. The number of benzene rings is 1. The third-order valence-corrected chi connectivity index (χ3v) is 2.80. The van der Waals surface area contributed by atoms with E-state index in [1.807, 2.05) is 24.3 Å². The molecule has 21 heavy (non-hydrogen) atoms. The van der Waals surface area contributed by atoms with Crippen LogP contribution in [0, 0.1) is 0 Å². The van der Waals surface area contributed by atoms with Crippen molar-refractivity contribution < 1.29 is 19.4 Å². The van der Waals surface area contributed by atoms with Crippen LogP contribution in [0.2, 0.25) is 0 Å². The van der Waals surface area contributed by atoms with E-state index < -0.39 is 5.97 Å². The lowest BCUT2D eigenvalue weighted by molar-refractivity contribution is -0.137. The van der Waals surface area contributed by atoms with Crippen LogP contribution in [0.25, 0.3) is 0 Å². The molecule has 2 aromatic rings. The molecule has 0 bridgehead atoms. The summed E-state index contributed by atoms with van der Waals surface area (Å²) in [4.78, 5) is 10.5.